The van der Waals surface area contributed by atoms with Gasteiger partial charge >= 0.3 is 5.97 Å². The Bertz CT molecular complexity index is 467. The number of allylic oxidation sites excluding steroid dienone is 1. The monoisotopic (exact) mass is 272 g/mol. The van der Waals surface area contributed by atoms with Crippen LogP contribution in [0.25, 0.3) is 6.08 Å². The highest BCUT2D eigenvalue weighted by Gasteiger charge is 2.12. The summed E-state index contributed by atoms with van der Waals surface area (Å²) in [5.41, 5.74) is 0.695. The van der Waals surface area contributed by atoms with Crippen molar-refractivity contribution in [3.8, 4) is 0 Å². The number of halogens is 2. The van der Waals surface area contributed by atoms with E-state index in [0.717, 1.165) is 0 Å². The molecule has 1 rings (SSSR count). The number of ether oxygens (including phenoxy) is 1. The number of hydrogen-bond donors (Lipinski definition) is 0. The van der Waals surface area contributed by atoms with E-state index in [2.05, 4.69) is 4.74 Å². The van der Waals surface area contributed by atoms with Crippen molar-refractivity contribution in [2.24, 2.45) is 0 Å². The minimum absolute atomic E-state index is 0.0299. The number of carbonyl (C=O) groups is 2. The molecule has 0 saturated carbocycles. The van der Waals surface area contributed by atoms with E-state index in [9.17, 15) is 9.59 Å². The maximum absolute atomic E-state index is 11.5. The second-order valence-electron chi connectivity index (χ2n) is 3.22. The molecule has 0 atom stereocenters. The Morgan fingerprint density at radius 1 is 1.41 bits per heavy atom. The Morgan fingerprint density at radius 2 is 2.12 bits per heavy atom. The molecule has 0 aliphatic carbocycles. The molecule has 0 saturated heterocycles. The molecule has 17 heavy (non-hydrogen) atoms. The zero-order chi connectivity index (χ0) is 12.8. The van der Waals surface area contributed by atoms with E-state index in [-0.39, 0.29) is 11.5 Å². The van der Waals surface area contributed by atoms with Crippen LogP contribution in [0.1, 0.15) is 12.0 Å². The van der Waals surface area contributed by atoms with Gasteiger partial charge in [0.25, 0.3) is 0 Å². The van der Waals surface area contributed by atoms with Crippen LogP contribution >= 0.6 is 23.2 Å². The maximum Gasteiger partial charge on any atom is 0.313 e. The van der Waals surface area contributed by atoms with Crippen LogP contribution in [0.15, 0.2) is 29.3 Å². The van der Waals surface area contributed by atoms with Crippen molar-refractivity contribution in [1.29, 1.82) is 0 Å². The molecule has 5 heteroatoms. The minimum Gasteiger partial charge on any atom is -0.469 e. The third kappa shape index (κ3) is 4.59. The Hall–Kier alpha value is -1.32. The van der Waals surface area contributed by atoms with Gasteiger partial charge < -0.3 is 4.74 Å². The summed E-state index contributed by atoms with van der Waals surface area (Å²) in [6.07, 6.45) is 1.09. The number of carbonyl (C=O) groups excluding carboxylic acids is 2. The smallest absolute Gasteiger partial charge is 0.313 e. The van der Waals surface area contributed by atoms with Crippen molar-refractivity contribution < 1.29 is 14.3 Å². The second kappa shape index (κ2) is 6.42. The highest BCUT2D eigenvalue weighted by molar-refractivity contribution is 6.45. The lowest BCUT2D eigenvalue weighted by Gasteiger charge is -1.99. The molecule has 0 spiro atoms. The summed E-state index contributed by atoms with van der Waals surface area (Å²) >= 11 is 11.6. The lowest BCUT2D eigenvalue weighted by atomic mass is 10.1. The highest BCUT2D eigenvalue weighted by Crippen LogP contribution is 2.16. The first kappa shape index (κ1) is 13.7. The molecule has 0 aliphatic heterocycles. The molecule has 0 N–H and O–H groups in total. The van der Waals surface area contributed by atoms with E-state index in [0.29, 0.717) is 10.6 Å². The van der Waals surface area contributed by atoms with Crippen LogP contribution in [0.2, 0.25) is 5.02 Å². The second-order valence-corrected chi connectivity index (χ2v) is 4.07. The van der Waals surface area contributed by atoms with Crippen molar-refractivity contribution in [3.05, 3.63) is 39.9 Å². The first-order chi connectivity index (χ1) is 8.02. The molecule has 90 valence electrons. The molecule has 0 radical (unpaired) electrons. The fourth-order valence-corrected chi connectivity index (χ4v) is 1.50. The lowest BCUT2D eigenvalue weighted by molar-refractivity contribution is -0.142. The molecule has 1 aromatic carbocycles. The van der Waals surface area contributed by atoms with Gasteiger partial charge in [0.15, 0.2) is 5.78 Å². The zero-order valence-electron chi connectivity index (χ0n) is 9.07. The van der Waals surface area contributed by atoms with Gasteiger partial charge in [-0.05, 0) is 23.8 Å². The fourth-order valence-electron chi connectivity index (χ4n) is 1.11. The normalized spacial score (nSPS) is 11.1. The van der Waals surface area contributed by atoms with Gasteiger partial charge in [-0.1, -0.05) is 35.3 Å². The van der Waals surface area contributed by atoms with Crippen molar-refractivity contribution in [1.82, 2.24) is 0 Å². The molecule has 0 unspecified atom stereocenters. The van der Waals surface area contributed by atoms with Gasteiger partial charge in [-0.3, -0.25) is 9.59 Å². The zero-order valence-corrected chi connectivity index (χ0v) is 10.6. The van der Waals surface area contributed by atoms with Crippen LogP contribution < -0.4 is 0 Å². The molecule has 0 bridgehead atoms. The fraction of sp³-hybridized carbons (Fsp3) is 0.167. The summed E-state index contributed by atoms with van der Waals surface area (Å²) in [6, 6.07) is 6.86. The van der Waals surface area contributed by atoms with Gasteiger partial charge in [-0.15, -0.1) is 0 Å². The van der Waals surface area contributed by atoms with Crippen molar-refractivity contribution >= 4 is 41.0 Å². The number of methoxy groups -OCH3 is 1. The van der Waals surface area contributed by atoms with Gasteiger partial charge in [0, 0.05) is 5.02 Å². The molecule has 0 aromatic heterocycles. The summed E-state index contributed by atoms with van der Waals surface area (Å²) in [6.45, 7) is 0. The van der Waals surface area contributed by atoms with E-state index >= 15 is 0 Å². The third-order valence-corrected chi connectivity index (χ3v) is 2.50. The third-order valence-electron chi connectivity index (χ3n) is 1.94. The summed E-state index contributed by atoms with van der Waals surface area (Å²) in [4.78, 5) is 22.4. The topological polar surface area (TPSA) is 43.4 Å². The minimum atomic E-state index is -0.618. The van der Waals surface area contributed by atoms with Gasteiger partial charge in [0.05, 0.1) is 12.1 Å². The van der Waals surface area contributed by atoms with E-state index in [1.54, 1.807) is 24.3 Å². The predicted molar refractivity (Wildman–Crippen MR) is 66.9 cm³/mol. The number of rotatable bonds is 4. The number of Topliss-reactive ketones (excluding diaryl/α,β-unsaturated/α-hetero) is 1. The molecule has 3 nitrogen and oxygen atoms in total. The van der Waals surface area contributed by atoms with E-state index in [1.165, 1.54) is 13.2 Å². The van der Waals surface area contributed by atoms with Gasteiger partial charge in [-0.2, -0.15) is 0 Å². The SMILES string of the molecule is COC(=O)CC(=O)/C(Cl)=C/c1cccc(Cl)c1. The lowest BCUT2D eigenvalue weighted by Crippen LogP contribution is -2.09. The van der Waals surface area contributed by atoms with Gasteiger partial charge in [-0.25, -0.2) is 0 Å². The van der Waals surface area contributed by atoms with Crippen LogP contribution in [0.4, 0.5) is 0 Å². The number of ketones is 1. The molecule has 0 aliphatic rings. The Labute approximate surface area is 109 Å². The van der Waals surface area contributed by atoms with Gasteiger partial charge in [0.1, 0.15) is 6.42 Å². The van der Waals surface area contributed by atoms with Crippen LogP contribution in [0, 0.1) is 0 Å². The summed E-state index contributed by atoms with van der Waals surface area (Å²) in [5, 5.41) is 0.515. The molecule has 1 aromatic rings. The first-order valence-corrected chi connectivity index (χ1v) is 5.51. The molecular weight excluding hydrogens is 263 g/mol. The Balaban J connectivity index is 2.78. The van der Waals surface area contributed by atoms with Crippen molar-refractivity contribution in [2.45, 2.75) is 6.42 Å². The highest BCUT2D eigenvalue weighted by atomic mass is 35.5. The number of benzene rings is 1. The van der Waals surface area contributed by atoms with Crippen LogP contribution in [-0.4, -0.2) is 18.9 Å². The van der Waals surface area contributed by atoms with Crippen LogP contribution in [-0.2, 0) is 14.3 Å². The molecule has 0 heterocycles. The predicted octanol–water partition coefficient (Wildman–Crippen LogP) is 3.05. The van der Waals surface area contributed by atoms with Crippen LogP contribution in [0.5, 0.6) is 0 Å². The molecular formula is C12H10Cl2O3. The van der Waals surface area contributed by atoms with E-state index in [1.807, 2.05) is 0 Å². The van der Waals surface area contributed by atoms with E-state index < -0.39 is 11.8 Å². The van der Waals surface area contributed by atoms with Crippen molar-refractivity contribution in [3.63, 3.8) is 0 Å². The van der Waals surface area contributed by atoms with Gasteiger partial charge in [0.2, 0.25) is 0 Å². The largest absolute Gasteiger partial charge is 0.469 e. The number of hydrogen-bond acceptors (Lipinski definition) is 3. The summed E-state index contributed by atoms with van der Waals surface area (Å²) in [7, 11) is 1.21. The average Bonchev–Trinajstić information content (AvgIpc) is 2.28. The summed E-state index contributed by atoms with van der Waals surface area (Å²) in [5.74, 6) is -1.11. The van der Waals surface area contributed by atoms with E-state index in [4.69, 9.17) is 23.2 Å². The maximum atomic E-state index is 11.5. The first-order valence-electron chi connectivity index (χ1n) is 4.75. The quantitative estimate of drug-likeness (QED) is 0.481. The Kier molecular flexibility index (Phi) is 5.19. The molecule has 0 fully saturated rings. The summed E-state index contributed by atoms with van der Waals surface area (Å²) < 4.78 is 4.37. The van der Waals surface area contributed by atoms with Crippen molar-refractivity contribution in [2.75, 3.05) is 7.11 Å². The standard InChI is InChI=1S/C12H10Cl2O3/c1-17-12(16)7-11(15)10(14)6-8-3-2-4-9(13)5-8/h2-6H,7H2,1H3/b10-6-. The Morgan fingerprint density at radius 3 is 2.71 bits per heavy atom. The van der Waals surface area contributed by atoms with Crippen LogP contribution in [0.3, 0.4) is 0 Å². The number of esters is 1. The molecule has 0 amide bonds. The average molecular weight is 273 g/mol.